The van der Waals surface area contributed by atoms with Crippen molar-refractivity contribution < 1.29 is 24.2 Å². The third kappa shape index (κ3) is 9.00. The number of alkyl carbamates (subject to hydrolysis) is 1. The molecule has 0 saturated carbocycles. The number of hydrogen-bond donors (Lipinski definition) is 3. The lowest BCUT2D eigenvalue weighted by Crippen LogP contribution is -2.53. The lowest BCUT2D eigenvalue weighted by Gasteiger charge is -2.34. The van der Waals surface area contributed by atoms with Crippen LogP contribution in [0.25, 0.3) is 0 Å². The average Bonchev–Trinajstić information content (AvgIpc) is 2.84. The van der Waals surface area contributed by atoms with Crippen molar-refractivity contribution in [1.82, 2.24) is 15.5 Å². The zero-order valence-corrected chi connectivity index (χ0v) is 23.4. The van der Waals surface area contributed by atoms with Gasteiger partial charge >= 0.3 is 6.09 Å². The van der Waals surface area contributed by atoms with E-state index in [1.807, 2.05) is 36.6 Å². The van der Waals surface area contributed by atoms with E-state index in [0.717, 1.165) is 5.56 Å². The summed E-state index contributed by atoms with van der Waals surface area (Å²) in [6, 6.07) is 12.6. The Labute approximate surface area is 224 Å². The van der Waals surface area contributed by atoms with E-state index in [0.29, 0.717) is 23.3 Å². The second-order valence-corrected chi connectivity index (χ2v) is 10.7. The van der Waals surface area contributed by atoms with Crippen molar-refractivity contribution in [3.05, 3.63) is 65.2 Å². The summed E-state index contributed by atoms with van der Waals surface area (Å²) in [6.07, 6.45) is 1.57. The van der Waals surface area contributed by atoms with Gasteiger partial charge in [-0.3, -0.25) is 9.59 Å². The molecule has 0 bridgehead atoms. The van der Waals surface area contributed by atoms with Gasteiger partial charge in [-0.25, -0.2) is 4.79 Å². The first-order valence-electron chi connectivity index (χ1n) is 12.4. The zero-order chi connectivity index (χ0) is 27.6. The third-order valence-electron chi connectivity index (χ3n) is 5.66. The fourth-order valence-corrected chi connectivity index (χ4v) is 4.31. The molecule has 0 aromatic heterocycles. The van der Waals surface area contributed by atoms with Gasteiger partial charge in [0, 0.05) is 18.7 Å². The molecule has 2 unspecified atom stereocenters. The number of ether oxygens (including phenoxy) is 1. The van der Waals surface area contributed by atoms with Crippen molar-refractivity contribution >= 4 is 29.7 Å². The van der Waals surface area contributed by atoms with Crippen molar-refractivity contribution in [1.29, 1.82) is 0 Å². The quantitative estimate of drug-likeness (QED) is 0.394. The maximum Gasteiger partial charge on any atom is 0.408 e. The number of carbonyl (C=O) groups excluding carboxylic acids is 3. The first kappa shape index (κ1) is 30.0. The van der Waals surface area contributed by atoms with Crippen LogP contribution in [-0.4, -0.2) is 58.1 Å². The smallest absolute Gasteiger partial charge is 0.408 e. The Bertz CT molecular complexity index is 1060. The molecule has 2 aromatic rings. The fourth-order valence-electron chi connectivity index (χ4n) is 3.84. The largest absolute Gasteiger partial charge is 0.507 e. The van der Waals surface area contributed by atoms with Crippen LogP contribution in [0.5, 0.6) is 5.75 Å². The molecule has 0 fully saturated rings. The highest BCUT2D eigenvalue weighted by Crippen LogP contribution is 2.32. The number of aryl methyl sites for hydroxylation is 1. The molecule has 2 aromatic carbocycles. The van der Waals surface area contributed by atoms with Gasteiger partial charge in [-0.05, 0) is 64.2 Å². The van der Waals surface area contributed by atoms with Crippen LogP contribution in [0, 0.1) is 6.92 Å². The standard InChI is InChI=1S/C28H39N3O5S/c1-7-31(26(34)22(16-17-37-6)30-27(35)36-28(3,4)5)23(21-15-11-12-19(2)24(21)32)25(33)29-18-20-13-9-8-10-14-20/h8-15,22-23,32H,7,16-18H2,1-6H3,(H,29,33)(H,30,35). The molecule has 3 N–H and O–H groups in total. The summed E-state index contributed by atoms with van der Waals surface area (Å²) in [4.78, 5) is 41.4. The number of aromatic hydroxyl groups is 1. The maximum absolute atomic E-state index is 13.9. The Morgan fingerprint density at radius 2 is 1.76 bits per heavy atom. The minimum atomic E-state index is -1.10. The summed E-state index contributed by atoms with van der Waals surface area (Å²) in [7, 11) is 0. The van der Waals surface area contributed by atoms with E-state index in [9.17, 15) is 19.5 Å². The Kier molecular flexibility index (Phi) is 11.3. The number of carbonyl (C=O) groups is 3. The minimum Gasteiger partial charge on any atom is -0.507 e. The highest BCUT2D eigenvalue weighted by Gasteiger charge is 2.36. The number of hydrogen-bond acceptors (Lipinski definition) is 6. The number of phenols is 1. The molecule has 2 rings (SSSR count). The van der Waals surface area contributed by atoms with Crippen LogP contribution in [0.4, 0.5) is 4.79 Å². The molecule has 0 saturated heterocycles. The molecule has 2 atom stereocenters. The van der Waals surface area contributed by atoms with Gasteiger partial charge in [-0.1, -0.05) is 48.5 Å². The van der Waals surface area contributed by atoms with E-state index in [-0.39, 0.29) is 18.8 Å². The second kappa shape index (κ2) is 13.9. The van der Waals surface area contributed by atoms with Gasteiger partial charge in [0.1, 0.15) is 23.4 Å². The van der Waals surface area contributed by atoms with Crippen LogP contribution >= 0.6 is 11.8 Å². The van der Waals surface area contributed by atoms with Crippen LogP contribution in [0.2, 0.25) is 0 Å². The van der Waals surface area contributed by atoms with Crippen molar-refractivity contribution in [2.75, 3.05) is 18.6 Å². The zero-order valence-electron chi connectivity index (χ0n) is 22.5. The van der Waals surface area contributed by atoms with Crippen molar-refractivity contribution in [2.45, 2.75) is 65.3 Å². The van der Waals surface area contributed by atoms with E-state index in [1.165, 1.54) is 4.90 Å². The summed E-state index contributed by atoms with van der Waals surface area (Å²) in [5.74, 6) is -0.289. The number of thioether (sulfide) groups is 1. The molecule has 0 heterocycles. The Morgan fingerprint density at radius 3 is 2.35 bits per heavy atom. The average molecular weight is 530 g/mol. The van der Waals surface area contributed by atoms with Crippen molar-refractivity contribution in [2.24, 2.45) is 0 Å². The summed E-state index contributed by atoms with van der Waals surface area (Å²) >= 11 is 1.55. The van der Waals surface area contributed by atoms with Gasteiger partial charge in [0.15, 0.2) is 0 Å². The predicted molar refractivity (Wildman–Crippen MR) is 147 cm³/mol. The summed E-state index contributed by atoms with van der Waals surface area (Å²) < 4.78 is 5.38. The highest BCUT2D eigenvalue weighted by molar-refractivity contribution is 7.98. The fraction of sp³-hybridized carbons (Fsp3) is 0.464. The molecule has 3 amide bonds. The molecular formula is C28H39N3O5S. The van der Waals surface area contributed by atoms with Gasteiger partial charge in [-0.2, -0.15) is 11.8 Å². The lowest BCUT2D eigenvalue weighted by atomic mass is 9.99. The van der Waals surface area contributed by atoms with Crippen LogP contribution in [-0.2, 0) is 20.9 Å². The molecule has 0 aliphatic carbocycles. The minimum absolute atomic E-state index is 0.0469. The van der Waals surface area contributed by atoms with Gasteiger partial charge in [-0.15, -0.1) is 0 Å². The van der Waals surface area contributed by atoms with E-state index >= 15 is 0 Å². The van der Waals surface area contributed by atoms with E-state index in [2.05, 4.69) is 10.6 Å². The molecular weight excluding hydrogens is 490 g/mol. The van der Waals surface area contributed by atoms with Gasteiger partial charge in [0.05, 0.1) is 0 Å². The van der Waals surface area contributed by atoms with Gasteiger partial charge in [0.2, 0.25) is 11.8 Å². The molecule has 0 aliphatic rings. The Balaban J connectivity index is 2.42. The summed E-state index contributed by atoms with van der Waals surface area (Å²) in [5, 5.41) is 16.5. The van der Waals surface area contributed by atoms with Gasteiger partial charge < -0.3 is 25.4 Å². The topological polar surface area (TPSA) is 108 Å². The van der Waals surface area contributed by atoms with Crippen molar-refractivity contribution in [3.8, 4) is 5.75 Å². The molecule has 0 spiro atoms. The van der Waals surface area contributed by atoms with Crippen molar-refractivity contribution in [3.63, 3.8) is 0 Å². The molecule has 8 nitrogen and oxygen atoms in total. The van der Waals surface area contributed by atoms with Crippen LogP contribution in [0.1, 0.15) is 56.8 Å². The summed E-state index contributed by atoms with van der Waals surface area (Å²) in [6.45, 7) is 9.19. The number of amides is 3. The number of benzene rings is 2. The second-order valence-electron chi connectivity index (χ2n) is 9.72. The monoisotopic (exact) mass is 529 g/mol. The van der Waals surface area contributed by atoms with E-state index < -0.39 is 35.6 Å². The van der Waals surface area contributed by atoms with Crippen LogP contribution in [0.3, 0.4) is 0 Å². The molecule has 0 radical (unpaired) electrons. The highest BCUT2D eigenvalue weighted by atomic mass is 32.2. The number of likely N-dealkylation sites (N-methyl/N-ethyl adjacent to an activating group) is 1. The number of phenolic OH excluding ortho intramolecular Hbond substituents is 1. The Morgan fingerprint density at radius 1 is 1.08 bits per heavy atom. The van der Waals surface area contributed by atoms with E-state index in [4.69, 9.17) is 4.74 Å². The molecule has 37 heavy (non-hydrogen) atoms. The van der Waals surface area contributed by atoms with Crippen LogP contribution in [0.15, 0.2) is 48.5 Å². The molecule has 0 aliphatic heterocycles. The lowest BCUT2D eigenvalue weighted by molar-refractivity contribution is -0.142. The normalized spacial score (nSPS) is 12.8. The van der Waals surface area contributed by atoms with Crippen LogP contribution < -0.4 is 10.6 Å². The molecule has 202 valence electrons. The first-order chi connectivity index (χ1) is 17.5. The number of rotatable bonds is 11. The SMILES string of the molecule is CCN(C(=O)C(CCSC)NC(=O)OC(C)(C)C)C(C(=O)NCc1ccccc1)c1cccc(C)c1O. The Hall–Kier alpha value is -3.20. The maximum atomic E-state index is 13.9. The predicted octanol–water partition coefficient (Wildman–Crippen LogP) is 4.55. The van der Waals surface area contributed by atoms with Gasteiger partial charge in [0.25, 0.3) is 0 Å². The van der Waals surface area contributed by atoms with E-state index in [1.54, 1.807) is 64.6 Å². The number of nitrogens with one attached hydrogen (secondary N) is 2. The molecule has 9 heteroatoms. The third-order valence-corrected chi connectivity index (χ3v) is 6.30. The number of nitrogens with zero attached hydrogens (tertiary/aromatic N) is 1. The first-order valence-corrected chi connectivity index (χ1v) is 13.8. The summed E-state index contributed by atoms with van der Waals surface area (Å²) in [5.41, 5.74) is 1.09. The number of para-hydroxylation sites is 1.